The van der Waals surface area contributed by atoms with E-state index in [1.165, 1.54) is 12.1 Å². The predicted molar refractivity (Wildman–Crippen MR) is 162 cm³/mol. The molecule has 4 aromatic carbocycles. The molecule has 214 valence electrons. The van der Waals surface area contributed by atoms with E-state index in [0.717, 1.165) is 60.4 Å². The number of likely N-dealkylation sites (tertiary alicyclic amines) is 1. The van der Waals surface area contributed by atoms with Gasteiger partial charge < -0.3 is 9.64 Å². The fourth-order valence-corrected chi connectivity index (χ4v) is 5.77. The van der Waals surface area contributed by atoms with Gasteiger partial charge in [-0.05, 0) is 85.6 Å². The van der Waals surface area contributed by atoms with Crippen LogP contribution in [0.4, 0.5) is 4.39 Å². The minimum atomic E-state index is -0.333. The summed E-state index contributed by atoms with van der Waals surface area (Å²) in [5.74, 6) is 0.497. The molecule has 1 saturated heterocycles. The van der Waals surface area contributed by atoms with Crippen LogP contribution in [-0.2, 0) is 19.7 Å². The predicted octanol–water partition coefficient (Wildman–Crippen LogP) is 6.16. The number of carbonyl (C=O) groups is 1. The summed E-state index contributed by atoms with van der Waals surface area (Å²) in [6, 6.07) is 31.7. The third-order valence-electron chi connectivity index (χ3n) is 8.16. The van der Waals surface area contributed by atoms with Crippen LogP contribution >= 0.6 is 0 Å². The second kappa shape index (κ2) is 12.6. The number of ether oxygens (including phenoxy) is 1. The summed E-state index contributed by atoms with van der Waals surface area (Å²) < 4.78 is 22.9. The van der Waals surface area contributed by atoms with Crippen molar-refractivity contribution < 1.29 is 13.9 Å². The molecule has 0 bridgehead atoms. The molecule has 6 rings (SSSR count). The Kier molecular flexibility index (Phi) is 8.28. The number of fused-ring (bicyclic) bond motifs is 1. The van der Waals surface area contributed by atoms with Crippen molar-refractivity contribution in [1.29, 1.82) is 0 Å². The highest BCUT2D eigenvalue weighted by molar-refractivity contribution is 5.97. The standard InChI is InChI=1S/C35H34FN3O3/c36-30-14-12-28(13-15-30)34(40)29-18-20-37(21-19-29)22-23-38-32-8-4-5-9-33(32)39(35(38)41)24-26-10-16-31(17-11-26)42-25-27-6-2-1-3-7-27/h1-17,29H,18-25H2. The van der Waals surface area contributed by atoms with Gasteiger partial charge in [0.05, 0.1) is 17.6 Å². The van der Waals surface area contributed by atoms with Crippen LogP contribution in [0.5, 0.6) is 5.75 Å². The molecule has 0 spiro atoms. The van der Waals surface area contributed by atoms with Gasteiger partial charge in [-0.1, -0.05) is 54.6 Å². The van der Waals surface area contributed by atoms with Crippen molar-refractivity contribution in [2.24, 2.45) is 5.92 Å². The summed E-state index contributed by atoms with van der Waals surface area (Å²) in [5.41, 5.74) is 4.52. The number of para-hydroxylation sites is 2. The highest BCUT2D eigenvalue weighted by atomic mass is 19.1. The molecule has 0 atom stereocenters. The Hall–Kier alpha value is -4.49. The van der Waals surface area contributed by atoms with Gasteiger partial charge in [-0.25, -0.2) is 9.18 Å². The zero-order chi connectivity index (χ0) is 28.9. The molecule has 2 heterocycles. The minimum Gasteiger partial charge on any atom is -0.489 e. The van der Waals surface area contributed by atoms with Crippen molar-refractivity contribution in [2.75, 3.05) is 19.6 Å². The fraction of sp³-hybridized carbons (Fsp3) is 0.257. The van der Waals surface area contributed by atoms with E-state index < -0.39 is 0 Å². The first-order valence-corrected chi connectivity index (χ1v) is 14.5. The van der Waals surface area contributed by atoms with Gasteiger partial charge in [0.15, 0.2) is 5.78 Å². The number of nitrogens with zero attached hydrogens (tertiary/aromatic N) is 3. The van der Waals surface area contributed by atoms with Crippen LogP contribution in [0, 0.1) is 11.7 Å². The number of benzene rings is 4. The van der Waals surface area contributed by atoms with Crippen LogP contribution in [0.15, 0.2) is 108 Å². The Balaban J connectivity index is 1.09. The quantitative estimate of drug-likeness (QED) is 0.191. The molecule has 0 aliphatic carbocycles. The average Bonchev–Trinajstić information content (AvgIpc) is 3.30. The molecule has 1 fully saturated rings. The maximum absolute atomic E-state index is 13.6. The van der Waals surface area contributed by atoms with E-state index in [9.17, 15) is 14.0 Å². The van der Waals surface area contributed by atoms with Gasteiger partial charge in [0.1, 0.15) is 18.2 Å². The maximum Gasteiger partial charge on any atom is 0.329 e. The molecule has 42 heavy (non-hydrogen) atoms. The summed E-state index contributed by atoms with van der Waals surface area (Å²) in [7, 11) is 0. The zero-order valence-electron chi connectivity index (χ0n) is 23.5. The number of halogens is 1. The molecule has 0 saturated carbocycles. The number of aromatic nitrogens is 2. The molecule has 0 N–H and O–H groups in total. The van der Waals surface area contributed by atoms with Gasteiger partial charge in [-0.2, -0.15) is 0 Å². The highest BCUT2D eigenvalue weighted by Crippen LogP contribution is 2.23. The molecule has 6 nitrogen and oxygen atoms in total. The van der Waals surface area contributed by atoms with Crippen molar-refractivity contribution in [3.05, 3.63) is 136 Å². The Morgan fingerprint density at radius 1 is 0.738 bits per heavy atom. The zero-order valence-corrected chi connectivity index (χ0v) is 23.5. The van der Waals surface area contributed by atoms with Crippen molar-refractivity contribution in [3.8, 4) is 5.75 Å². The minimum absolute atomic E-state index is 0.0259. The topological polar surface area (TPSA) is 56.5 Å². The van der Waals surface area contributed by atoms with Crippen LogP contribution in [-0.4, -0.2) is 39.5 Å². The van der Waals surface area contributed by atoms with E-state index in [1.54, 1.807) is 12.1 Å². The first-order valence-electron chi connectivity index (χ1n) is 14.5. The van der Waals surface area contributed by atoms with Crippen molar-refractivity contribution in [3.63, 3.8) is 0 Å². The molecule has 0 amide bonds. The van der Waals surface area contributed by atoms with Crippen molar-refractivity contribution >= 4 is 16.8 Å². The summed E-state index contributed by atoms with van der Waals surface area (Å²) in [6.45, 7) is 3.89. The van der Waals surface area contributed by atoms with E-state index in [-0.39, 0.29) is 23.2 Å². The Bertz CT molecular complexity index is 1700. The lowest BCUT2D eigenvalue weighted by atomic mass is 9.89. The normalized spacial score (nSPS) is 14.3. The molecule has 0 unspecified atom stereocenters. The Morgan fingerprint density at radius 2 is 1.38 bits per heavy atom. The van der Waals surface area contributed by atoms with Gasteiger partial charge >= 0.3 is 5.69 Å². The van der Waals surface area contributed by atoms with Gasteiger partial charge in [-0.15, -0.1) is 0 Å². The first kappa shape index (κ1) is 27.7. The summed E-state index contributed by atoms with van der Waals surface area (Å²) >= 11 is 0. The lowest BCUT2D eigenvalue weighted by Gasteiger charge is -2.31. The molecule has 1 aromatic heterocycles. The van der Waals surface area contributed by atoms with E-state index in [2.05, 4.69) is 4.90 Å². The van der Waals surface area contributed by atoms with Gasteiger partial charge in [0, 0.05) is 24.6 Å². The number of Topliss-reactive ketones (excluding diaryl/α,β-unsaturated/α-hetero) is 1. The van der Waals surface area contributed by atoms with E-state index in [1.807, 2.05) is 88.0 Å². The SMILES string of the molecule is O=C(c1ccc(F)cc1)C1CCN(CCn2c(=O)n(Cc3ccc(OCc4ccccc4)cc3)c3ccccc32)CC1. The lowest BCUT2D eigenvalue weighted by molar-refractivity contribution is 0.0837. The molecule has 1 aliphatic heterocycles. The highest BCUT2D eigenvalue weighted by Gasteiger charge is 2.26. The van der Waals surface area contributed by atoms with Gasteiger partial charge in [0.2, 0.25) is 0 Å². The maximum atomic E-state index is 13.6. The molecule has 0 radical (unpaired) electrons. The van der Waals surface area contributed by atoms with Crippen molar-refractivity contribution in [1.82, 2.24) is 14.0 Å². The third-order valence-corrected chi connectivity index (χ3v) is 8.16. The number of rotatable bonds is 10. The average molecular weight is 564 g/mol. The van der Waals surface area contributed by atoms with Crippen LogP contribution in [0.25, 0.3) is 11.0 Å². The van der Waals surface area contributed by atoms with E-state index in [0.29, 0.717) is 25.3 Å². The van der Waals surface area contributed by atoms with Crippen LogP contribution < -0.4 is 10.4 Å². The molecule has 1 aliphatic rings. The van der Waals surface area contributed by atoms with Crippen LogP contribution in [0.2, 0.25) is 0 Å². The Labute approximate surface area is 244 Å². The van der Waals surface area contributed by atoms with Crippen LogP contribution in [0.1, 0.15) is 34.3 Å². The molecule has 5 aromatic rings. The number of hydrogen-bond acceptors (Lipinski definition) is 4. The fourth-order valence-electron chi connectivity index (χ4n) is 5.77. The van der Waals surface area contributed by atoms with E-state index in [4.69, 9.17) is 4.74 Å². The number of imidazole rings is 1. The third kappa shape index (κ3) is 6.21. The smallest absolute Gasteiger partial charge is 0.329 e. The molecular weight excluding hydrogens is 529 g/mol. The largest absolute Gasteiger partial charge is 0.489 e. The second-order valence-electron chi connectivity index (χ2n) is 10.9. The monoisotopic (exact) mass is 563 g/mol. The van der Waals surface area contributed by atoms with Crippen molar-refractivity contribution in [2.45, 2.75) is 32.5 Å². The summed E-state index contributed by atoms with van der Waals surface area (Å²) in [5, 5.41) is 0. The van der Waals surface area contributed by atoms with Gasteiger partial charge in [-0.3, -0.25) is 13.9 Å². The van der Waals surface area contributed by atoms with E-state index >= 15 is 0 Å². The van der Waals surface area contributed by atoms with Crippen LogP contribution in [0.3, 0.4) is 0 Å². The molecule has 7 heteroatoms. The second-order valence-corrected chi connectivity index (χ2v) is 10.9. The first-order chi connectivity index (χ1) is 20.5. The number of piperidine rings is 1. The number of hydrogen-bond donors (Lipinski definition) is 0. The summed E-state index contributed by atoms with van der Waals surface area (Å²) in [4.78, 5) is 28.8. The Morgan fingerprint density at radius 3 is 2.07 bits per heavy atom. The molecular formula is C35H34FN3O3. The number of carbonyl (C=O) groups excluding carboxylic acids is 1. The number of ketones is 1. The summed E-state index contributed by atoms with van der Waals surface area (Å²) in [6.07, 6.45) is 1.52. The lowest BCUT2D eigenvalue weighted by Crippen LogP contribution is -2.39. The van der Waals surface area contributed by atoms with Gasteiger partial charge in [0.25, 0.3) is 0 Å².